The third kappa shape index (κ3) is 3.40. The Morgan fingerprint density at radius 2 is 2.16 bits per heavy atom. The number of ether oxygens (including phenoxy) is 2. The minimum absolute atomic E-state index is 0.0270. The summed E-state index contributed by atoms with van der Waals surface area (Å²) in [6.45, 7) is 3.40. The summed E-state index contributed by atoms with van der Waals surface area (Å²) in [5, 5.41) is 4.26. The first-order chi connectivity index (χ1) is 12.0. The largest absolute Gasteiger partial charge is 0.493 e. The first-order valence-electron chi connectivity index (χ1n) is 8.32. The van der Waals surface area contributed by atoms with Crippen LogP contribution in [0, 0.1) is 6.92 Å². The van der Waals surface area contributed by atoms with Crippen molar-refractivity contribution in [3.05, 3.63) is 35.5 Å². The van der Waals surface area contributed by atoms with Gasteiger partial charge in [0.2, 0.25) is 5.91 Å². The quantitative estimate of drug-likeness (QED) is 0.894. The molecule has 2 aromatic rings. The molecule has 1 amide bonds. The highest BCUT2D eigenvalue weighted by Gasteiger charge is 2.30. The van der Waals surface area contributed by atoms with E-state index in [0.717, 1.165) is 23.4 Å². The maximum absolute atomic E-state index is 12.6. The molecule has 1 aromatic carbocycles. The molecule has 7 nitrogen and oxygen atoms in total. The van der Waals surface area contributed by atoms with E-state index in [-0.39, 0.29) is 18.4 Å². The van der Waals surface area contributed by atoms with Crippen LogP contribution in [0.25, 0.3) is 0 Å². The molecule has 1 aliphatic heterocycles. The molecular weight excluding hydrogens is 320 g/mol. The zero-order valence-corrected chi connectivity index (χ0v) is 14.9. The standard InChI is InChI=1S/C18H24N4O3/c1-12-9-16(19)22(20-12)11-17(23)21-8-7-13(10-21)14-5-4-6-15(24-2)18(14)25-3/h4-6,9,13H,7-8,10-11,19H2,1-3H3/t13-/m1/s1. The van der Waals surface area contributed by atoms with Crippen LogP contribution in [-0.4, -0.2) is 47.9 Å². The van der Waals surface area contributed by atoms with Gasteiger partial charge in [-0.25, -0.2) is 4.68 Å². The lowest BCUT2D eigenvalue weighted by molar-refractivity contribution is -0.130. The lowest BCUT2D eigenvalue weighted by Gasteiger charge is -2.19. The fourth-order valence-corrected chi connectivity index (χ4v) is 3.39. The molecule has 0 unspecified atom stereocenters. The van der Waals surface area contributed by atoms with E-state index in [0.29, 0.717) is 24.7 Å². The van der Waals surface area contributed by atoms with Crippen molar-refractivity contribution in [2.24, 2.45) is 0 Å². The number of rotatable bonds is 5. The molecule has 1 fully saturated rings. The van der Waals surface area contributed by atoms with Crippen molar-refractivity contribution in [2.45, 2.75) is 25.8 Å². The molecule has 2 heterocycles. The number of aryl methyl sites for hydroxylation is 1. The fourth-order valence-electron chi connectivity index (χ4n) is 3.39. The summed E-state index contributed by atoms with van der Waals surface area (Å²) in [6.07, 6.45) is 0.892. The zero-order valence-electron chi connectivity index (χ0n) is 14.9. The van der Waals surface area contributed by atoms with Crippen molar-refractivity contribution in [1.29, 1.82) is 0 Å². The number of aromatic nitrogens is 2. The summed E-state index contributed by atoms with van der Waals surface area (Å²) in [5.74, 6) is 2.22. The number of nitrogens with two attached hydrogens (primary N) is 1. The summed E-state index contributed by atoms with van der Waals surface area (Å²) >= 11 is 0. The molecule has 7 heteroatoms. The van der Waals surface area contributed by atoms with E-state index in [4.69, 9.17) is 15.2 Å². The molecular formula is C18H24N4O3. The lowest BCUT2D eigenvalue weighted by Crippen LogP contribution is -2.32. The van der Waals surface area contributed by atoms with Gasteiger partial charge in [0.15, 0.2) is 11.5 Å². The molecule has 0 bridgehead atoms. The van der Waals surface area contributed by atoms with E-state index in [2.05, 4.69) is 5.10 Å². The number of amides is 1. The van der Waals surface area contributed by atoms with Crippen molar-refractivity contribution in [3.8, 4) is 11.5 Å². The SMILES string of the molecule is COc1cccc([C@@H]2CCN(C(=O)Cn3nc(C)cc3N)C2)c1OC. The first kappa shape index (κ1) is 17.1. The van der Waals surface area contributed by atoms with E-state index in [1.54, 1.807) is 25.0 Å². The molecule has 1 aliphatic rings. The normalized spacial score (nSPS) is 16.9. The highest BCUT2D eigenvalue weighted by molar-refractivity contribution is 5.76. The van der Waals surface area contributed by atoms with Crippen LogP contribution >= 0.6 is 0 Å². The Morgan fingerprint density at radius 3 is 2.80 bits per heavy atom. The van der Waals surface area contributed by atoms with E-state index < -0.39 is 0 Å². The third-order valence-electron chi connectivity index (χ3n) is 4.63. The monoisotopic (exact) mass is 344 g/mol. The third-order valence-corrected chi connectivity index (χ3v) is 4.63. The topological polar surface area (TPSA) is 82.6 Å². The van der Waals surface area contributed by atoms with Gasteiger partial charge in [0.05, 0.1) is 19.9 Å². The van der Waals surface area contributed by atoms with Gasteiger partial charge in [0.1, 0.15) is 12.4 Å². The van der Waals surface area contributed by atoms with Crippen LogP contribution in [0.3, 0.4) is 0 Å². The van der Waals surface area contributed by atoms with Crippen LogP contribution in [0.2, 0.25) is 0 Å². The minimum Gasteiger partial charge on any atom is -0.493 e. The van der Waals surface area contributed by atoms with Crippen molar-refractivity contribution in [2.75, 3.05) is 33.0 Å². The fraction of sp³-hybridized carbons (Fsp3) is 0.444. The number of carbonyl (C=O) groups is 1. The van der Waals surface area contributed by atoms with Crippen LogP contribution < -0.4 is 15.2 Å². The molecule has 25 heavy (non-hydrogen) atoms. The summed E-state index contributed by atoms with van der Waals surface area (Å²) in [6, 6.07) is 7.63. The van der Waals surface area contributed by atoms with E-state index in [1.165, 1.54) is 0 Å². The smallest absolute Gasteiger partial charge is 0.244 e. The molecule has 1 aromatic heterocycles. The maximum Gasteiger partial charge on any atom is 0.244 e. The molecule has 0 saturated carbocycles. The summed E-state index contributed by atoms with van der Waals surface area (Å²) in [4.78, 5) is 14.4. The average Bonchev–Trinajstić information content (AvgIpc) is 3.21. The van der Waals surface area contributed by atoms with Crippen LogP contribution in [0.15, 0.2) is 24.3 Å². The van der Waals surface area contributed by atoms with Gasteiger partial charge in [-0.15, -0.1) is 0 Å². The maximum atomic E-state index is 12.6. The Hall–Kier alpha value is -2.70. The Bertz CT molecular complexity index is 772. The van der Waals surface area contributed by atoms with Crippen LogP contribution in [0.4, 0.5) is 5.82 Å². The molecule has 3 rings (SSSR count). The predicted molar refractivity (Wildman–Crippen MR) is 94.9 cm³/mol. The second-order valence-corrected chi connectivity index (χ2v) is 6.28. The molecule has 2 N–H and O–H groups in total. The number of carbonyl (C=O) groups excluding carboxylic acids is 1. The van der Waals surface area contributed by atoms with Gasteiger partial charge in [0, 0.05) is 30.6 Å². The summed E-state index contributed by atoms with van der Waals surface area (Å²) in [7, 11) is 3.27. The molecule has 1 atom stereocenters. The number of para-hydroxylation sites is 1. The van der Waals surface area contributed by atoms with Crippen molar-refractivity contribution < 1.29 is 14.3 Å². The van der Waals surface area contributed by atoms with E-state index in [1.807, 2.05) is 30.0 Å². The average molecular weight is 344 g/mol. The Labute approximate surface area is 147 Å². The van der Waals surface area contributed by atoms with Gasteiger partial charge in [0.25, 0.3) is 0 Å². The van der Waals surface area contributed by atoms with Crippen LogP contribution in [0.5, 0.6) is 11.5 Å². The highest BCUT2D eigenvalue weighted by Crippen LogP contribution is 2.39. The number of anilines is 1. The number of hydrogen-bond acceptors (Lipinski definition) is 5. The van der Waals surface area contributed by atoms with Crippen molar-refractivity contribution >= 4 is 11.7 Å². The van der Waals surface area contributed by atoms with Gasteiger partial charge in [-0.2, -0.15) is 5.10 Å². The highest BCUT2D eigenvalue weighted by atomic mass is 16.5. The van der Waals surface area contributed by atoms with Crippen LogP contribution in [0.1, 0.15) is 23.6 Å². The van der Waals surface area contributed by atoms with Gasteiger partial charge < -0.3 is 20.1 Å². The van der Waals surface area contributed by atoms with Crippen molar-refractivity contribution in [3.63, 3.8) is 0 Å². The summed E-state index contributed by atoms with van der Waals surface area (Å²) < 4.78 is 12.5. The first-order valence-corrected chi connectivity index (χ1v) is 8.32. The van der Waals surface area contributed by atoms with Crippen LogP contribution in [-0.2, 0) is 11.3 Å². The number of benzene rings is 1. The molecule has 0 spiro atoms. The molecule has 0 aliphatic carbocycles. The number of hydrogen-bond donors (Lipinski definition) is 1. The second-order valence-electron chi connectivity index (χ2n) is 6.28. The molecule has 0 radical (unpaired) electrons. The Balaban J connectivity index is 1.71. The lowest BCUT2D eigenvalue weighted by atomic mass is 9.97. The van der Waals surface area contributed by atoms with Gasteiger partial charge in [-0.3, -0.25) is 4.79 Å². The minimum atomic E-state index is 0.0270. The van der Waals surface area contributed by atoms with Gasteiger partial charge in [-0.1, -0.05) is 12.1 Å². The Morgan fingerprint density at radius 1 is 1.36 bits per heavy atom. The van der Waals surface area contributed by atoms with E-state index in [9.17, 15) is 4.79 Å². The number of nitrogen functional groups attached to an aromatic ring is 1. The Kier molecular flexibility index (Phi) is 4.83. The number of likely N-dealkylation sites (tertiary alicyclic amines) is 1. The van der Waals surface area contributed by atoms with Gasteiger partial charge >= 0.3 is 0 Å². The second kappa shape index (κ2) is 7.04. The molecule has 134 valence electrons. The molecule has 1 saturated heterocycles. The van der Waals surface area contributed by atoms with E-state index >= 15 is 0 Å². The summed E-state index contributed by atoms with van der Waals surface area (Å²) in [5.41, 5.74) is 7.76. The van der Waals surface area contributed by atoms with Crippen molar-refractivity contribution in [1.82, 2.24) is 14.7 Å². The number of methoxy groups -OCH3 is 2. The predicted octanol–water partition coefficient (Wildman–Crippen LogP) is 1.81. The number of nitrogens with zero attached hydrogens (tertiary/aromatic N) is 3. The van der Waals surface area contributed by atoms with Gasteiger partial charge in [-0.05, 0) is 19.4 Å². The zero-order chi connectivity index (χ0) is 18.0.